The van der Waals surface area contributed by atoms with E-state index in [4.69, 9.17) is 17.2 Å². The van der Waals surface area contributed by atoms with Gasteiger partial charge >= 0.3 is 5.97 Å². The molecule has 14 heteroatoms. The number of carboxylic acid groups (broad SMARTS) is 1. The Morgan fingerprint density at radius 3 is 1.79 bits per heavy atom. The van der Waals surface area contributed by atoms with Gasteiger partial charge in [0.2, 0.25) is 29.5 Å². The van der Waals surface area contributed by atoms with E-state index >= 15 is 0 Å². The molecule has 5 unspecified atom stereocenters. The minimum atomic E-state index is -1.65. The summed E-state index contributed by atoms with van der Waals surface area (Å²) in [6.07, 6.45) is -2.45. The number of hydrogen-bond acceptors (Lipinski definition) is 8. The number of amides is 5. The maximum Gasteiger partial charge on any atom is 0.326 e. The van der Waals surface area contributed by atoms with Crippen LogP contribution in [-0.4, -0.2) is 76.0 Å². The molecule has 188 valence electrons. The van der Waals surface area contributed by atoms with Crippen molar-refractivity contribution in [2.45, 2.75) is 76.7 Å². The van der Waals surface area contributed by atoms with Crippen LogP contribution in [0.1, 0.15) is 46.5 Å². The summed E-state index contributed by atoms with van der Waals surface area (Å²) in [7, 11) is 0. The lowest BCUT2D eigenvalue weighted by molar-refractivity contribution is -0.143. The third-order valence-corrected chi connectivity index (χ3v) is 4.46. The molecule has 0 aromatic rings. The van der Waals surface area contributed by atoms with Gasteiger partial charge in [-0.3, -0.25) is 24.0 Å². The number of aliphatic carboxylic acids is 1. The highest BCUT2D eigenvalue weighted by atomic mass is 16.4. The number of rotatable bonds is 15. The van der Waals surface area contributed by atoms with Gasteiger partial charge in [0.1, 0.15) is 18.1 Å². The fourth-order valence-electron chi connectivity index (χ4n) is 2.77. The SMILES string of the molecule is CC(C)CC(N)C(=O)NC(CC(N)=O)C(=O)NC(C(=O)NC(CCC(N)=O)C(=O)O)C(C)O. The van der Waals surface area contributed by atoms with Gasteiger partial charge < -0.3 is 43.4 Å². The zero-order chi connectivity index (χ0) is 25.9. The van der Waals surface area contributed by atoms with Crippen LogP contribution in [0.5, 0.6) is 0 Å². The summed E-state index contributed by atoms with van der Waals surface area (Å²) in [5.74, 6) is -5.91. The molecule has 0 spiro atoms. The molecule has 0 aliphatic carbocycles. The molecule has 0 saturated heterocycles. The van der Waals surface area contributed by atoms with Gasteiger partial charge in [-0.15, -0.1) is 0 Å². The van der Waals surface area contributed by atoms with Gasteiger partial charge in [0.05, 0.1) is 18.6 Å². The van der Waals surface area contributed by atoms with Crippen molar-refractivity contribution in [1.29, 1.82) is 0 Å². The Kier molecular flexibility index (Phi) is 12.6. The van der Waals surface area contributed by atoms with Gasteiger partial charge in [-0.1, -0.05) is 13.8 Å². The molecule has 0 radical (unpaired) electrons. The quantitative estimate of drug-likeness (QED) is 0.116. The van der Waals surface area contributed by atoms with Crippen molar-refractivity contribution in [1.82, 2.24) is 16.0 Å². The van der Waals surface area contributed by atoms with Crippen LogP contribution in [0.25, 0.3) is 0 Å². The molecule has 0 fully saturated rings. The maximum atomic E-state index is 12.7. The Hall–Kier alpha value is -3.26. The first-order chi connectivity index (χ1) is 15.1. The van der Waals surface area contributed by atoms with E-state index in [9.17, 15) is 39.0 Å². The van der Waals surface area contributed by atoms with E-state index < -0.39 is 72.2 Å². The fourth-order valence-corrected chi connectivity index (χ4v) is 2.77. The van der Waals surface area contributed by atoms with Crippen molar-refractivity contribution in [2.24, 2.45) is 23.1 Å². The molecule has 14 nitrogen and oxygen atoms in total. The average molecular weight is 475 g/mol. The fraction of sp³-hybridized carbons (Fsp3) is 0.684. The molecular formula is C19H34N6O8. The lowest BCUT2D eigenvalue weighted by atomic mass is 10.0. The van der Waals surface area contributed by atoms with E-state index in [0.29, 0.717) is 6.42 Å². The standard InChI is InChI=1S/C19H34N6O8/c1-8(2)6-10(20)16(29)24-12(7-14(22)28)17(30)25-15(9(3)26)18(31)23-11(19(32)33)4-5-13(21)27/h8-12,15,26H,4-7,20H2,1-3H3,(H2,21,27)(H2,22,28)(H,23,31)(H,24,29)(H,25,30)(H,32,33). The second-order valence-electron chi connectivity index (χ2n) is 8.10. The Balaban J connectivity index is 5.43. The average Bonchev–Trinajstić information content (AvgIpc) is 2.66. The number of aliphatic hydroxyl groups excluding tert-OH is 1. The van der Waals surface area contributed by atoms with Crippen LogP contribution in [0.3, 0.4) is 0 Å². The number of primary amides is 2. The summed E-state index contributed by atoms with van der Waals surface area (Å²) in [6.45, 7) is 4.82. The lowest BCUT2D eigenvalue weighted by Gasteiger charge is -2.26. The number of carbonyl (C=O) groups excluding carboxylic acids is 5. The van der Waals surface area contributed by atoms with Crippen LogP contribution in [0, 0.1) is 5.92 Å². The minimum absolute atomic E-state index is 0.0780. The Morgan fingerprint density at radius 1 is 0.818 bits per heavy atom. The van der Waals surface area contributed by atoms with Gasteiger partial charge in [-0.25, -0.2) is 4.79 Å². The Bertz CT molecular complexity index is 742. The summed E-state index contributed by atoms with van der Waals surface area (Å²) in [4.78, 5) is 71.1. The van der Waals surface area contributed by atoms with Gasteiger partial charge in [-0.05, 0) is 25.7 Å². The number of aliphatic hydroxyl groups is 1. The molecule has 33 heavy (non-hydrogen) atoms. The Labute approximate surface area is 191 Å². The van der Waals surface area contributed by atoms with Gasteiger partial charge in [0, 0.05) is 6.42 Å². The van der Waals surface area contributed by atoms with Crippen LogP contribution < -0.4 is 33.2 Å². The third-order valence-electron chi connectivity index (χ3n) is 4.46. The first-order valence-corrected chi connectivity index (χ1v) is 10.3. The smallest absolute Gasteiger partial charge is 0.326 e. The van der Waals surface area contributed by atoms with E-state index in [1.807, 2.05) is 13.8 Å². The summed E-state index contributed by atoms with van der Waals surface area (Å²) in [6, 6.07) is -5.62. The summed E-state index contributed by atoms with van der Waals surface area (Å²) in [5, 5.41) is 25.7. The van der Waals surface area contributed by atoms with E-state index in [1.54, 1.807) is 0 Å². The van der Waals surface area contributed by atoms with Crippen LogP contribution in [-0.2, 0) is 28.8 Å². The van der Waals surface area contributed by atoms with Crippen LogP contribution >= 0.6 is 0 Å². The maximum absolute atomic E-state index is 12.7. The molecule has 11 N–H and O–H groups in total. The van der Waals surface area contributed by atoms with Crippen molar-refractivity contribution in [2.75, 3.05) is 0 Å². The van der Waals surface area contributed by atoms with Crippen molar-refractivity contribution in [3.8, 4) is 0 Å². The normalized spacial score (nSPS) is 15.5. The van der Waals surface area contributed by atoms with Gasteiger partial charge in [0.25, 0.3) is 0 Å². The summed E-state index contributed by atoms with van der Waals surface area (Å²) in [5.41, 5.74) is 15.9. The highest BCUT2D eigenvalue weighted by molar-refractivity contribution is 5.96. The molecule has 0 rings (SSSR count). The number of hydrogen-bond donors (Lipinski definition) is 8. The van der Waals surface area contributed by atoms with Crippen LogP contribution in [0.4, 0.5) is 0 Å². The molecule has 0 aromatic carbocycles. The van der Waals surface area contributed by atoms with Gasteiger partial charge in [0.15, 0.2) is 0 Å². The first kappa shape index (κ1) is 29.7. The molecule has 0 heterocycles. The topological polar surface area (TPSA) is 257 Å². The number of carbonyl (C=O) groups is 6. The molecule has 0 aliphatic rings. The van der Waals surface area contributed by atoms with E-state index in [-0.39, 0.29) is 18.8 Å². The highest BCUT2D eigenvalue weighted by Crippen LogP contribution is 2.05. The summed E-state index contributed by atoms with van der Waals surface area (Å²) >= 11 is 0. The molecule has 5 atom stereocenters. The molecule has 0 aromatic heterocycles. The second-order valence-corrected chi connectivity index (χ2v) is 8.10. The Morgan fingerprint density at radius 2 is 1.36 bits per heavy atom. The van der Waals surface area contributed by atoms with E-state index in [2.05, 4.69) is 16.0 Å². The predicted molar refractivity (Wildman–Crippen MR) is 115 cm³/mol. The number of carboxylic acids is 1. The zero-order valence-electron chi connectivity index (χ0n) is 18.9. The van der Waals surface area contributed by atoms with Crippen molar-refractivity contribution >= 4 is 35.5 Å². The molecule has 0 bridgehead atoms. The highest BCUT2D eigenvalue weighted by Gasteiger charge is 2.33. The number of nitrogens with two attached hydrogens (primary N) is 3. The molecule has 0 saturated carbocycles. The van der Waals surface area contributed by atoms with E-state index in [1.165, 1.54) is 0 Å². The second kappa shape index (κ2) is 14.0. The largest absolute Gasteiger partial charge is 0.480 e. The van der Waals surface area contributed by atoms with Gasteiger partial charge in [-0.2, -0.15) is 0 Å². The first-order valence-electron chi connectivity index (χ1n) is 10.3. The zero-order valence-corrected chi connectivity index (χ0v) is 18.9. The van der Waals surface area contributed by atoms with E-state index in [0.717, 1.165) is 6.92 Å². The number of nitrogens with one attached hydrogen (secondary N) is 3. The van der Waals surface area contributed by atoms with Crippen molar-refractivity contribution in [3.05, 3.63) is 0 Å². The molecular weight excluding hydrogens is 440 g/mol. The van der Waals surface area contributed by atoms with Crippen molar-refractivity contribution < 1.29 is 39.0 Å². The minimum Gasteiger partial charge on any atom is -0.480 e. The predicted octanol–water partition coefficient (Wildman–Crippen LogP) is -3.58. The lowest BCUT2D eigenvalue weighted by Crippen LogP contribution is -2.60. The monoisotopic (exact) mass is 474 g/mol. The molecule has 5 amide bonds. The summed E-state index contributed by atoms with van der Waals surface area (Å²) < 4.78 is 0. The van der Waals surface area contributed by atoms with Crippen LogP contribution in [0.2, 0.25) is 0 Å². The molecule has 0 aliphatic heterocycles. The van der Waals surface area contributed by atoms with Crippen LogP contribution in [0.15, 0.2) is 0 Å². The third kappa shape index (κ3) is 11.8. The van der Waals surface area contributed by atoms with Crippen molar-refractivity contribution in [3.63, 3.8) is 0 Å².